The molecule has 0 aliphatic rings. The van der Waals surface area contributed by atoms with Gasteiger partial charge >= 0.3 is 261 Å². The number of methoxy groups -OCH3 is 1. The Labute approximate surface area is 403 Å². The van der Waals surface area contributed by atoms with E-state index in [1.165, 1.54) is 19.2 Å². The first-order chi connectivity index (χ1) is 30.8. The molecule has 0 aromatic carbocycles. The van der Waals surface area contributed by atoms with E-state index in [-0.39, 0.29) is 89.3 Å². The van der Waals surface area contributed by atoms with E-state index in [9.17, 15) is 33.6 Å². The van der Waals surface area contributed by atoms with E-state index in [2.05, 4.69) is 26.6 Å². The van der Waals surface area contributed by atoms with Gasteiger partial charge in [-0.05, 0) is 6.92 Å². The number of rotatable bonds is 37. The first kappa shape index (κ1) is 63.8. The first-order valence-electron chi connectivity index (χ1n) is 20.7. The molecule has 0 aromatic rings. The monoisotopic (exact) mass is 931 g/mol. The Morgan fingerprint density at radius 2 is 1.20 bits per heavy atom. The van der Waals surface area contributed by atoms with Crippen LogP contribution in [0.5, 0.6) is 0 Å². The van der Waals surface area contributed by atoms with Crippen molar-refractivity contribution in [1.29, 1.82) is 0 Å². The predicted octanol–water partition coefficient (Wildman–Crippen LogP) is -5.87. The third kappa shape index (κ3) is 27.0. The van der Waals surface area contributed by atoms with Crippen molar-refractivity contribution >= 4 is 171 Å². The van der Waals surface area contributed by atoms with E-state index in [0.717, 1.165) is 12.1 Å². The number of ether oxygens (including phenoxy) is 4. The van der Waals surface area contributed by atoms with Gasteiger partial charge in [0.25, 0.3) is 0 Å². The number of nitrogens with one attached hydrogen (secondary N) is 5. The molecule has 4 unspecified atom stereocenters. The van der Waals surface area contributed by atoms with E-state index in [0.29, 0.717) is 26.4 Å². The zero-order valence-electron chi connectivity index (χ0n) is 37.9. The minimum absolute atomic E-state index is 0.0580. The van der Waals surface area contributed by atoms with Crippen LogP contribution < -0.4 is 26.6 Å². The molecule has 4 amide bonds. The maximum absolute atomic E-state index is 14.1. The molecule has 0 spiro atoms. The molecule has 65 heavy (non-hydrogen) atoms. The van der Waals surface area contributed by atoms with Crippen LogP contribution in [0.3, 0.4) is 0 Å². The van der Waals surface area contributed by atoms with Crippen LogP contribution in [0.4, 0.5) is 0 Å². The molecule has 34 heteroatoms. The second-order valence-corrected chi connectivity index (χ2v) is 22.7. The van der Waals surface area contributed by atoms with Gasteiger partial charge in [-0.15, -0.1) is 0 Å². The molecule has 0 saturated heterocycles. The Kier molecular flexibility index (Phi) is 36.1. The van der Waals surface area contributed by atoms with Crippen LogP contribution in [0.15, 0.2) is 0 Å². The van der Waals surface area contributed by atoms with Crippen molar-refractivity contribution in [2.75, 3.05) is 90.9 Å². The Bertz CT molecular complexity index is 1770. The van der Waals surface area contributed by atoms with Gasteiger partial charge in [-0.1, -0.05) is 6.66 Å². The summed E-state index contributed by atoms with van der Waals surface area (Å²) in [5.41, 5.74) is 0. The summed E-state index contributed by atoms with van der Waals surface area (Å²) in [4.78, 5) is 93.2. The zero-order valence-corrected chi connectivity index (χ0v) is 40.4. The number of hydrogen-bond donors (Lipinski definition) is 5. The average molecular weight is 929 g/mol. The molecule has 4 atom stereocenters. The first-order valence-corrected chi connectivity index (χ1v) is 26.8. The topological polar surface area (TPSA) is 217 Å². The summed E-state index contributed by atoms with van der Waals surface area (Å²) in [5.74, 6) is -6.72. The summed E-state index contributed by atoms with van der Waals surface area (Å²) >= 11 is 0. The van der Waals surface area contributed by atoms with E-state index in [4.69, 9.17) is 88.4 Å². The third-order valence-electron chi connectivity index (χ3n) is 9.43. The van der Waals surface area contributed by atoms with Crippen LogP contribution in [-0.2, 0) is 52.5 Å². The molecule has 0 bridgehead atoms. The number of carbonyl (C=O) groups excluding carboxylic acids is 7. The minimum atomic E-state index is -2.59. The fourth-order valence-electron chi connectivity index (χ4n) is 5.59. The molecular formula is C31H53B15N5O11PS2. The van der Waals surface area contributed by atoms with Gasteiger partial charge in [-0.25, -0.2) is 0 Å². The van der Waals surface area contributed by atoms with E-state index in [1.54, 1.807) is 6.66 Å². The summed E-state index contributed by atoms with van der Waals surface area (Å²) in [6.07, 6.45) is -1.26. The van der Waals surface area contributed by atoms with Gasteiger partial charge in [0.15, 0.2) is 0 Å². The van der Waals surface area contributed by atoms with Gasteiger partial charge in [0.2, 0.25) is 11.8 Å². The fourth-order valence-corrected chi connectivity index (χ4v) is 9.38. The molecule has 0 aliphatic heterocycles. The summed E-state index contributed by atoms with van der Waals surface area (Å²) in [6, 6.07) is 0.863. The predicted molar refractivity (Wildman–Crippen MR) is 278 cm³/mol. The molecule has 16 nitrogen and oxygen atoms in total. The van der Waals surface area contributed by atoms with Crippen molar-refractivity contribution in [3.63, 3.8) is 0 Å². The van der Waals surface area contributed by atoms with Gasteiger partial charge in [-0.2, -0.15) is 0 Å². The van der Waals surface area contributed by atoms with Crippen molar-refractivity contribution < 1.29 is 52.5 Å². The maximum atomic E-state index is 14.1. The van der Waals surface area contributed by atoms with Crippen LogP contribution >= 0.6 is 25.3 Å². The van der Waals surface area contributed by atoms with Gasteiger partial charge < -0.3 is 29.6 Å². The number of Topliss-reactive ketones (excluding diaryl/α,β-unsaturated/α-hetero) is 3. The van der Waals surface area contributed by atoms with E-state index in [1.807, 2.05) is 6.92 Å². The van der Waals surface area contributed by atoms with Crippen molar-refractivity contribution in [2.45, 2.75) is 63.6 Å². The average Bonchev–Trinajstić information content (AvgIpc) is 3.26. The summed E-state index contributed by atoms with van der Waals surface area (Å²) in [5, 5.41) is 13.4. The summed E-state index contributed by atoms with van der Waals surface area (Å²) in [7, 11) is 48.3. The Morgan fingerprint density at radius 1 is 0.646 bits per heavy atom. The normalized spacial score (nSPS) is 12.9. The summed E-state index contributed by atoms with van der Waals surface area (Å²) < 4.78 is 20.8. The number of carbonyl (C=O) groups is 7. The van der Waals surface area contributed by atoms with Crippen LogP contribution in [0.1, 0.15) is 45.4 Å². The molecule has 0 aliphatic carbocycles. The second-order valence-electron chi connectivity index (χ2n) is 14.5. The molecule has 18 radical (unpaired) electrons. The van der Waals surface area contributed by atoms with Gasteiger partial charge in [0.05, 0.1) is 39.7 Å². The Balaban J connectivity index is 6.44. The molecular weight excluding hydrogens is 876 g/mol. The van der Waals surface area contributed by atoms with Crippen LogP contribution in [0.2, 0.25) is 0 Å². The van der Waals surface area contributed by atoms with Crippen LogP contribution in [0.25, 0.3) is 0 Å². The van der Waals surface area contributed by atoms with Crippen molar-refractivity contribution in [1.82, 2.24) is 26.6 Å². The molecule has 0 fully saturated rings. The zero-order chi connectivity index (χ0) is 49.4. The SMILES string of the molecule is [B]B=S(=B[B])(CC(=O)CCC(NC(=O)C(CCC(=O)CP([B])C)NC(=O)CCC(NCNC(=O)COCCOCC)C(=O)NCCOCCOC)C(=O)CS(=B[B])(=B[B])B([B])[B])B([B])[B]. The summed E-state index contributed by atoms with van der Waals surface area (Å²) in [6.45, 7) is 5.10. The number of ketones is 3. The Hall–Kier alpha value is -1.21. The molecule has 5 N–H and O–H groups in total. The third-order valence-corrected chi connectivity index (χ3v) is 15.9. The van der Waals surface area contributed by atoms with Crippen LogP contribution in [-0.4, -0.2) is 255 Å². The quantitative estimate of drug-likeness (QED) is 0.0171. The van der Waals surface area contributed by atoms with Crippen LogP contribution in [0, 0.1) is 0 Å². The van der Waals surface area contributed by atoms with Crippen molar-refractivity contribution in [3.8, 4) is 0 Å². The van der Waals surface area contributed by atoms with Gasteiger partial charge in [0.1, 0.15) is 14.2 Å². The molecule has 0 saturated carbocycles. The van der Waals surface area contributed by atoms with Gasteiger partial charge in [-0.3, -0.25) is 14.9 Å². The van der Waals surface area contributed by atoms with Crippen molar-refractivity contribution in [2.24, 2.45) is 0 Å². The standard InChI is InChI=1S/C31H53B15N5O11PS2/c1-4-60-15-16-62-17-29(56)49-21-48-25(30(57)47-11-12-61-14-13-59-2)9-10-28(55)50-26(8-5-22(52)18-63(3)40)31(58)51-24(27(54)20-65(43-34,44-35)46(38)39)7-6-23(53)19-64(41-32,42-33)45(36)37/h24-26,48H,4-21H2,1-3H3,(H,47,57)(H,49,56)(H,50,55)(H,51,58). The molecule has 0 rings (SSSR count). The van der Waals surface area contributed by atoms with E-state index >= 15 is 0 Å². The molecule has 0 heterocycles. The molecule has 0 aromatic heterocycles. The second kappa shape index (κ2) is 36.7. The van der Waals surface area contributed by atoms with Crippen molar-refractivity contribution in [3.05, 3.63) is 0 Å². The number of hydrogen-bond acceptors (Lipinski definition) is 12. The fraction of sp³-hybridized carbons (Fsp3) is 0.774. The number of amides is 4. The Morgan fingerprint density at radius 3 is 1.77 bits per heavy atom. The van der Waals surface area contributed by atoms with Gasteiger partial charge in [0, 0.05) is 20.3 Å². The molecule has 330 valence electrons. The van der Waals surface area contributed by atoms with E-state index < -0.39 is 95.9 Å².